The van der Waals surface area contributed by atoms with Crippen LogP contribution in [0.1, 0.15) is 29.8 Å². The maximum Gasteiger partial charge on any atom is 0.358 e. The Morgan fingerprint density at radius 3 is 2.50 bits per heavy atom. The third-order valence-electron chi connectivity index (χ3n) is 4.54. The van der Waals surface area contributed by atoms with E-state index in [1.54, 1.807) is 28.8 Å². The third-order valence-corrected chi connectivity index (χ3v) is 4.54. The number of pyridine rings is 1. The van der Waals surface area contributed by atoms with Gasteiger partial charge in [-0.2, -0.15) is 0 Å². The van der Waals surface area contributed by atoms with E-state index in [2.05, 4.69) is 20.1 Å². The topological polar surface area (TPSA) is 82.6 Å². The van der Waals surface area contributed by atoms with Crippen LogP contribution < -0.4 is 4.90 Å². The Hall–Kier alpha value is -3.22. The van der Waals surface area contributed by atoms with Gasteiger partial charge in [-0.1, -0.05) is 6.07 Å². The van der Waals surface area contributed by atoms with E-state index in [9.17, 15) is 9.90 Å². The van der Waals surface area contributed by atoms with Crippen molar-refractivity contribution < 1.29 is 9.90 Å². The lowest BCUT2D eigenvalue weighted by atomic mass is 10.1. The summed E-state index contributed by atoms with van der Waals surface area (Å²) in [7, 11) is 0. The Bertz CT molecular complexity index is 956. The second kappa shape index (κ2) is 6.95. The number of hydrogen-bond donors (Lipinski definition) is 1. The monoisotopic (exact) mass is 349 g/mol. The maximum atomic E-state index is 11.4. The predicted molar refractivity (Wildman–Crippen MR) is 98.8 cm³/mol. The van der Waals surface area contributed by atoms with Crippen molar-refractivity contribution in [2.75, 3.05) is 18.0 Å². The van der Waals surface area contributed by atoms with Crippen molar-refractivity contribution >= 4 is 28.8 Å². The molecule has 3 heterocycles. The molecule has 7 heteroatoms. The minimum Gasteiger partial charge on any atom is -0.476 e. The average molecular weight is 349 g/mol. The molecule has 4 rings (SSSR count). The fourth-order valence-electron chi connectivity index (χ4n) is 3.21. The number of carboxylic acid groups (broad SMARTS) is 1. The Balaban J connectivity index is 1.61. The van der Waals surface area contributed by atoms with Gasteiger partial charge in [-0.3, -0.25) is 4.40 Å². The molecule has 2 aromatic heterocycles. The van der Waals surface area contributed by atoms with Crippen LogP contribution in [0.2, 0.25) is 0 Å². The van der Waals surface area contributed by atoms with Crippen LogP contribution in [0.15, 0.2) is 58.9 Å². The molecule has 3 aromatic rings. The van der Waals surface area contributed by atoms with E-state index < -0.39 is 5.97 Å². The summed E-state index contributed by atoms with van der Waals surface area (Å²) >= 11 is 0. The van der Waals surface area contributed by atoms with E-state index in [0.29, 0.717) is 11.3 Å². The first-order valence-electron chi connectivity index (χ1n) is 8.69. The number of fused-ring (bicyclic) bond motifs is 1. The van der Waals surface area contributed by atoms with E-state index in [1.807, 2.05) is 24.3 Å². The summed E-state index contributed by atoms with van der Waals surface area (Å²) in [5.41, 5.74) is 2.28. The van der Waals surface area contributed by atoms with Crippen molar-refractivity contribution in [3.05, 3.63) is 54.4 Å². The number of hydrogen-bond acceptors (Lipinski definition) is 5. The van der Waals surface area contributed by atoms with Crippen LogP contribution in [0.25, 0.3) is 5.65 Å². The van der Waals surface area contributed by atoms with Crippen molar-refractivity contribution in [2.45, 2.75) is 19.3 Å². The van der Waals surface area contributed by atoms with E-state index in [4.69, 9.17) is 0 Å². The van der Waals surface area contributed by atoms with Gasteiger partial charge in [0.15, 0.2) is 11.5 Å². The average Bonchev–Trinajstić information content (AvgIpc) is 3.06. The summed E-state index contributed by atoms with van der Waals surface area (Å²) in [4.78, 5) is 17.9. The number of imidazole rings is 1. The SMILES string of the molecule is O=C(O)c1nc2ccccn2c1N=Nc1ccc(N2CCCCC2)cc1. The molecule has 26 heavy (non-hydrogen) atoms. The molecule has 132 valence electrons. The fraction of sp³-hybridized carbons (Fsp3) is 0.263. The maximum absolute atomic E-state index is 11.4. The van der Waals surface area contributed by atoms with Gasteiger partial charge in [0.25, 0.3) is 0 Å². The Morgan fingerprint density at radius 2 is 1.77 bits per heavy atom. The third kappa shape index (κ3) is 3.15. The normalized spacial score (nSPS) is 15.0. The number of piperidine rings is 1. The zero-order valence-corrected chi connectivity index (χ0v) is 14.2. The molecule has 0 amide bonds. The van der Waals surface area contributed by atoms with Crippen LogP contribution in [-0.4, -0.2) is 33.6 Å². The van der Waals surface area contributed by atoms with Crippen LogP contribution in [-0.2, 0) is 0 Å². The minimum atomic E-state index is -1.12. The van der Waals surface area contributed by atoms with E-state index >= 15 is 0 Å². The Kier molecular flexibility index (Phi) is 4.35. The molecule has 0 aliphatic carbocycles. The molecular formula is C19H19N5O2. The van der Waals surface area contributed by atoms with Gasteiger partial charge in [-0.05, 0) is 55.7 Å². The van der Waals surface area contributed by atoms with Crippen molar-refractivity contribution in [1.82, 2.24) is 9.38 Å². The van der Waals surface area contributed by atoms with E-state index in [0.717, 1.165) is 13.1 Å². The molecule has 0 bridgehead atoms. The molecule has 1 aliphatic rings. The number of carbonyl (C=O) groups is 1. The first-order chi connectivity index (χ1) is 12.7. The number of carboxylic acids is 1. The van der Waals surface area contributed by atoms with Gasteiger partial charge < -0.3 is 10.0 Å². The fourth-order valence-corrected chi connectivity index (χ4v) is 3.21. The molecule has 1 aliphatic heterocycles. The van der Waals surface area contributed by atoms with Crippen LogP contribution in [0.5, 0.6) is 0 Å². The van der Waals surface area contributed by atoms with Gasteiger partial charge in [-0.25, -0.2) is 9.78 Å². The largest absolute Gasteiger partial charge is 0.476 e. The molecular weight excluding hydrogens is 330 g/mol. The van der Waals surface area contributed by atoms with Crippen LogP contribution >= 0.6 is 0 Å². The second-order valence-corrected chi connectivity index (χ2v) is 6.28. The Labute approximate surface area is 150 Å². The zero-order chi connectivity index (χ0) is 17.9. The lowest BCUT2D eigenvalue weighted by Crippen LogP contribution is -2.29. The van der Waals surface area contributed by atoms with Crippen molar-refractivity contribution in [2.24, 2.45) is 10.2 Å². The number of azo groups is 1. The van der Waals surface area contributed by atoms with Crippen molar-refractivity contribution in [1.29, 1.82) is 0 Å². The molecule has 1 saturated heterocycles. The molecule has 0 spiro atoms. The summed E-state index contributed by atoms with van der Waals surface area (Å²) in [6.45, 7) is 2.18. The lowest BCUT2D eigenvalue weighted by molar-refractivity contribution is 0.0692. The number of anilines is 1. The molecule has 0 atom stereocenters. The summed E-state index contributed by atoms with van der Waals surface area (Å²) in [6.07, 6.45) is 5.48. The van der Waals surface area contributed by atoms with Gasteiger partial charge in [0.2, 0.25) is 0 Å². The van der Waals surface area contributed by atoms with Gasteiger partial charge in [0.1, 0.15) is 5.65 Å². The molecule has 0 saturated carbocycles. The first-order valence-corrected chi connectivity index (χ1v) is 8.69. The Morgan fingerprint density at radius 1 is 1.00 bits per heavy atom. The highest BCUT2D eigenvalue weighted by Crippen LogP contribution is 2.26. The smallest absolute Gasteiger partial charge is 0.358 e. The summed E-state index contributed by atoms with van der Waals surface area (Å²) < 4.78 is 1.62. The quantitative estimate of drug-likeness (QED) is 0.706. The number of aromatic carboxylic acids is 1. The van der Waals surface area contributed by atoms with Crippen LogP contribution in [0, 0.1) is 0 Å². The van der Waals surface area contributed by atoms with Gasteiger partial charge in [0, 0.05) is 25.0 Å². The summed E-state index contributed by atoms with van der Waals surface area (Å²) in [5.74, 6) is -0.906. The highest BCUT2D eigenvalue weighted by atomic mass is 16.4. The number of rotatable bonds is 4. The highest BCUT2D eigenvalue weighted by molar-refractivity contribution is 5.91. The van der Waals surface area contributed by atoms with Crippen molar-refractivity contribution in [3.8, 4) is 0 Å². The molecule has 0 unspecified atom stereocenters. The lowest BCUT2D eigenvalue weighted by Gasteiger charge is -2.28. The molecule has 0 radical (unpaired) electrons. The zero-order valence-electron chi connectivity index (χ0n) is 14.2. The predicted octanol–water partition coefficient (Wildman–Crippen LogP) is 4.44. The molecule has 7 nitrogen and oxygen atoms in total. The summed E-state index contributed by atoms with van der Waals surface area (Å²) in [6, 6.07) is 13.2. The van der Waals surface area contributed by atoms with E-state index in [-0.39, 0.29) is 11.5 Å². The second-order valence-electron chi connectivity index (χ2n) is 6.28. The number of benzene rings is 1. The van der Waals surface area contributed by atoms with Gasteiger partial charge in [-0.15, -0.1) is 10.2 Å². The standard InChI is InChI=1S/C19H19N5O2/c25-19(26)17-18(24-13-5-2-6-16(24)20-17)22-21-14-7-9-15(10-8-14)23-11-3-1-4-12-23/h2,5-10,13H,1,3-4,11-12H2,(H,25,26). The highest BCUT2D eigenvalue weighted by Gasteiger charge is 2.18. The van der Waals surface area contributed by atoms with Gasteiger partial charge in [0.05, 0.1) is 5.69 Å². The molecule has 1 aromatic carbocycles. The van der Waals surface area contributed by atoms with Crippen molar-refractivity contribution in [3.63, 3.8) is 0 Å². The molecule has 1 N–H and O–H groups in total. The number of aromatic nitrogens is 2. The van der Waals surface area contributed by atoms with Crippen LogP contribution in [0.4, 0.5) is 17.2 Å². The summed E-state index contributed by atoms with van der Waals surface area (Å²) in [5, 5.41) is 17.7. The van der Waals surface area contributed by atoms with Crippen LogP contribution in [0.3, 0.4) is 0 Å². The minimum absolute atomic E-state index is 0.107. The van der Waals surface area contributed by atoms with Gasteiger partial charge >= 0.3 is 5.97 Å². The number of nitrogens with zero attached hydrogens (tertiary/aromatic N) is 5. The first kappa shape index (κ1) is 16.3. The molecule has 1 fully saturated rings. The van der Waals surface area contributed by atoms with E-state index in [1.165, 1.54) is 24.9 Å².